The van der Waals surface area contributed by atoms with Gasteiger partial charge in [0.25, 0.3) is 0 Å². The summed E-state index contributed by atoms with van der Waals surface area (Å²) in [6.45, 7) is 3.63. The summed E-state index contributed by atoms with van der Waals surface area (Å²) in [6, 6.07) is 6.00. The van der Waals surface area contributed by atoms with E-state index >= 15 is 0 Å². The molecule has 3 aliphatic heterocycles. The number of hydrogen-bond donors (Lipinski definition) is 1. The topological polar surface area (TPSA) is 88.8 Å². The van der Waals surface area contributed by atoms with Crippen LogP contribution < -0.4 is 37.0 Å². The Labute approximate surface area is 240 Å². The predicted octanol–water partition coefficient (Wildman–Crippen LogP) is 1.23. The first kappa shape index (κ1) is 25.6. The third kappa shape index (κ3) is 5.66. The summed E-state index contributed by atoms with van der Waals surface area (Å²) >= 11 is -1.24. The Morgan fingerprint density at radius 2 is 1.92 bits per heavy atom. The third-order valence-corrected chi connectivity index (χ3v) is 11.4. The van der Waals surface area contributed by atoms with Crippen molar-refractivity contribution in [1.29, 1.82) is 0 Å². The second-order valence-electron chi connectivity index (χ2n) is 9.01. The maximum atomic E-state index is 13.8. The monoisotopic (exact) mass is 734 g/mol. The molecule has 1 saturated heterocycles. The van der Waals surface area contributed by atoms with Gasteiger partial charge in [-0.25, -0.2) is 0 Å². The molecule has 0 spiro atoms. The van der Waals surface area contributed by atoms with E-state index in [1.807, 2.05) is 47.1 Å². The van der Waals surface area contributed by atoms with Gasteiger partial charge in [-0.3, -0.25) is 0 Å². The molecule has 8 nitrogen and oxygen atoms in total. The molecule has 4 heterocycles. The minimum absolute atomic E-state index is 0.00289. The summed E-state index contributed by atoms with van der Waals surface area (Å²) in [5.41, 5.74) is 3.54. The molecule has 0 saturated carbocycles. The van der Waals surface area contributed by atoms with Crippen molar-refractivity contribution in [1.82, 2.24) is 14.9 Å². The Morgan fingerprint density at radius 1 is 1.08 bits per heavy atom. The Balaban J connectivity index is 1.35. The fourth-order valence-electron chi connectivity index (χ4n) is 4.50. The SMILES string of the molecule is O=C1CC2=C(C=C(CCn3c([I-]C4=C/C=C\C=C/C=C\4)nc4cc(N5CCOCC5)ccc4c3=O)I=N2)N1. The van der Waals surface area contributed by atoms with Crippen LogP contribution in [0.2, 0.25) is 0 Å². The number of carbonyl (C=O) groups is 1. The van der Waals surface area contributed by atoms with Gasteiger partial charge in [0, 0.05) is 0 Å². The first-order valence-electron chi connectivity index (χ1n) is 12.5. The molecule has 0 unspecified atom stereocenters. The van der Waals surface area contributed by atoms with Crippen molar-refractivity contribution < 1.29 is 30.7 Å². The van der Waals surface area contributed by atoms with E-state index in [0.717, 1.165) is 45.9 Å². The van der Waals surface area contributed by atoms with Gasteiger partial charge < -0.3 is 0 Å². The van der Waals surface area contributed by atoms with Gasteiger partial charge in [0.05, 0.1) is 0 Å². The number of fused-ring (bicyclic) bond motifs is 1. The van der Waals surface area contributed by atoms with Crippen molar-refractivity contribution in [3.05, 3.63) is 99.5 Å². The van der Waals surface area contributed by atoms with Gasteiger partial charge >= 0.3 is 242 Å². The number of anilines is 1. The van der Waals surface area contributed by atoms with Crippen LogP contribution in [0, 0.1) is 3.83 Å². The number of benzene rings is 1. The van der Waals surface area contributed by atoms with Crippen molar-refractivity contribution in [3.8, 4) is 0 Å². The van der Waals surface area contributed by atoms with Gasteiger partial charge in [-0.15, -0.1) is 0 Å². The molecule has 0 bridgehead atoms. The number of halogens is 2. The van der Waals surface area contributed by atoms with E-state index < -0.39 is 42.2 Å². The molecule has 4 aliphatic rings. The van der Waals surface area contributed by atoms with Gasteiger partial charge in [0.15, 0.2) is 0 Å². The van der Waals surface area contributed by atoms with E-state index in [1.54, 1.807) is 0 Å². The van der Waals surface area contributed by atoms with E-state index in [-0.39, 0.29) is 11.5 Å². The van der Waals surface area contributed by atoms with Crippen molar-refractivity contribution >= 4 is 43.5 Å². The molecule has 196 valence electrons. The second-order valence-corrected chi connectivity index (χ2v) is 14.1. The molecule has 6 rings (SSSR count). The molecule has 1 fully saturated rings. The first-order chi connectivity index (χ1) is 18.6. The van der Waals surface area contributed by atoms with Crippen LogP contribution in [0.4, 0.5) is 5.69 Å². The number of nitrogens with one attached hydrogen (secondary N) is 1. The summed E-state index contributed by atoms with van der Waals surface area (Å²) in [7, 11) is 0. The number of morpholine rings is 1. The zero-order chi connectivity index (χ0) is 25.9. The van der Waals surface area contributed by atoms with Gasteiger partial charge in [-0.1, -0.05) is 0 Å². The van der Waals surface area contributed by atoms with Crippen LogP contribution in [0.5, 0.6) is 0 Å². The molecule has 1 aromatic heterocycles. The van der Waals surface area contributed by atoms with Crippen molar-refractivity contribution in [2.24, 2.45) is 3.15 Å². The van der Waals surface area contributed by atoms with Crippen LogP contribution in [-0.4, -0.2) is 41.8 Å². The van der Waals surface area contributed by atoms with Gasteiger partial charge in [0.2, 0.25) is 0 Å². The van der Waals surface area contributed by atoms with Crippen molar-refractivity contribution in [3.63, 3.8) is 0 Å². The Morgan fingerprint density at radius 3 is 2.82 bits per heavy atom. The Bertz CT molecular complexity index is 1570. The second kappa shape index (κ2) is 11.6. The molecule has 38 heavy (non-hydrogen) atoms. The van der Waals surface area contributed by atoms with Crippen LogP contribution >= 0.6 is 21.0 Å². The number of allylic oxidation sites excluding steroid dienone is 10. The first-order valence-corrected chi connectivity index (χ1v) is 16.7. The van der Waals surface area contributed by atoms with Crippen LogP contribution in [0.15, 0.2) is 93.3 Å². The van der Waals surface area contributed by atoms with Gasteiger partial charge in [-0.2, -0.15) is 0 Å². The molecule has 1 amide bonds. The maximum absolute atomic E-state index is 13.8. The van der Waals surface area contributed by atoms with E-state index in [0.29, 0.717) is 31.6 Å². The molecular weight excluding hydrogens is 708 g/mol. The van der Waals surface area contributed by atoms with Crippen LogP contribution in [-0.2, 0) is 16.1 Å². The molecule has 10 heteroatoms. The summed E-state index contributed by atoms with van der Waals surface area (Å²) in [4.78, 5) is 33.0. The number of rotatable bonds is 6. The molecule has 1 aliphatic carbocycles. The zero-order valence-electron chi connectivity index (χ0n) is 20.6. The zero-order valence-corrected chi connectivity index (χ0v) is 24.9. The number of hydrogen-bond acceptors (Lipinski definition) is 6. The van der Waals surface area contributed by atoms with Gasteiger partial charge in [0.1, 0.15) is 0 Å². The summed E-state index contributed by atoms with van der Waals surface area (Å²) in [5.74, 6) is 0.00289. The van der Waals surface area contributed by atoms with Crippen LogP contribution in [0.3, 0.4) is 0 Å². The van der Waals surface area contributed by atoms with E-state index in [4.69, 9.17) is 12.9 Å². The average molecular weight is 734 g/mol. The van der Waals surface area contributed by atoms with Gasteiger partial charge in [-0.05, 0) is 0 Å². The average Bonchev–Trinajstić information content (AvgIpc) is 3.29. The number of carbonyl (C=O) groups excluding carboxylic acids is 1. The molecule has 1 aromatic carbocycles. The summed E-state index contributed by atoms with van der Waals surface area (Å²) in [6.07, 6.45) is 17.5. The predicted molar refractivity (Wildman–Crippen MR) is 152 cm³/mol. The van der Waals surface area contributed by atoms with E-state index in [1.165, 1.54) is 7.16 Å². The van der Waals surface area contributed by atoms with Crippen LogP contribution in [0.25, 0.3) is 10.9 Å². The van der Waals surface area contributed by atoms with Crippen molar-refractivity contribution in [2.45, 2.75) is 19.4 Å². The molecule has 0 atom stereocenters. The summed E-state index contributed by atoms with van der Waals surface area (Å²) in [5, 5.41) is 3.55. The van der Waals surface area contributed by atoms with Crippen molar-refractivity contribution in [2.75, 3.05) is 31.2 Å². The van der Waals surface area contributed by atoms with E-state index in [2.05, 4.69) is 34.5 Å². The molecule has 2 aromatic rings. The fourth-order valence-corrected chi connectivity index (χ4v) is 8.93. The number of nitrogens with zero attached hydrogens (tertiary/aromatic N) is 4. The Hall–Kier alpha value is -2.71. The van der Waals surface area contributed by atoms with Crippen LogP contribution in [0.1, 0.15) is 12.8 Å². The van der Waals surface area contributed by atoms with E-state index in [9.17, 15) is 9.59 Å². The molecular formula is C28H26I2N5O3-. The molecule has 1 N–H and O–H groups in total. The minimum atomic E-state index is -0.702. The summed E-state index contributed by atoms with van der Waals surface area (Å²) < 4.78 is 15.3. The Kier molecular flexibility index (Phi) is 7.79. The standard InChI is InChI=1S/C28H26I2N5O3/c36-26-18-25-24(31-26)16-20(30-33-25)10-11-35-27(37)22-9-8-21(34-12-14-38-15-13-34)17-23(22)32-28(35)29-19-6-4-2-1-3-5-7-19/h1-9,16-17H,10-15,18H2,(H,31,36)/q-1/b2-1-,3-1?,4-2?,5-3-,6-4-,7-5?,19-6?,19-7+. The fraction of sp³-hybridized carbons (Fsp3) is 0.250. The number of aromatic nitrogens is 2. The third-order valence-electron chi connectivity index (χ3n) is 6.46. The molecule has 0 radical (unpaired) electrons. The number of ether oxygens (including phenoxy) is 1. The number of amides is 1. The quantitative estimate of drug-likeness (QED) is 0.357. The normalized spacial score (nSPS) is 23.1.